The third-order valence-corrected chi connectivity index (χ3v) is 4.21. The molecule has 0 atom stereocenters. The fourth-order valence-electron chi connectivity index (χ4n) is 0.774. The minimum absolute atomic E-state index is 0.0425. The molecule has 0 bridgehead atoms. The summed E-state index contributed by atoms with van der Waals surface area (Å²) in [5.41, 5.74) is 0.591. The molecule has 78 valence electrons. The lowest BCUT2D eigenvalue weighted by Crippen LogP contribution is -2.12. The minimum Gasteiger partial charge on any atom is -0.226 e. The van der Waals surface area contributed by atoms with E-state index in [9.17, 15) is 8.42 Å². The monoisotopic (exact) mass is 298 g/mol. The van der Waals surface area contributed by atoms with Gasteiger partial charge in [0.25, 0.3) is 0 Å². The summed E-state index contributed by atoms with van der Waals surface area (Å²) >= 11 is 8.55. The zero-order chi connectivity index (χ0) is 10.8. The van der Waals surface area contributed by atoms with Gasteiger partial charge in [-0.2, -0.15) is 0 Å². The lowest BCUT2D eigenvalue weighted by Gasteiger charge is -2.02. The maximum Gasteiger partial charge on any atom is 0.247 e. The topological polar surface area (TPSA) is 59.9 Å². The van der Waals surface area contributed by atoms with Gasteiger partial charge in [0.15, 0.2) is 0 Å². The van der Waals surface area contributed by atoms with Crippen LogP contribution in [-0.2, 0) is 9.84 Å². The zero-order valence-electron chi connectivity index (χ0n) is 7.37. The summed E-state index contributed by atoms with van der Waals surface area (Å²) in [7, 11) is -3.42. The lowest BCUT2D eigenvalue weighted by atomic mass is 10.5. The number of halogens is 2. The van der Waals surface area contributed by atoms with Crippen LogP contribution in [0.5, 0.6) is 0 Å². The number of alkyl halides is 1. The smallest absolute Gasteiger partial charge is 0.226 e. The third-order valence-electron chi connectivity index (χ3n) is 1.52. The van der Waals surface area contributed by atoms with Crippen molar-refractivity contribution in [3.63, 3.8) is 0 Å². The SMILES string of the molecule is Cc1nc(S(=O)(=O)CCCl)ncc1Br. The van der Waals surface area contributed by atoms with Gasteiger partial charge in [0, 0.05) is 12.1 Å². The standard InChI is InChI=1S/C7H8BrClN2O2S/c1-5-6(8)4-10-7(11-5)14(12,13)3-2-9/h4H,2-3H2,1H3. The molecule has 1 aromatic heterocycles. The first-order valence-electron chi connectivity index (χ1n) is 3.75. The molecule has 0 amide bonds. The molecule has 0 spiro atoms. The maximum absolute atomic E-state index is 11.5. The molecule has 0 saturated heterocycles. The summed E-state index contributed by atoms with van der Waals surface area (Å²) < 4.78 is 23.6. The first-order valence-corrected chi connectivity index (χ1v) is 6.73. The molecular formula is C7H8BrClN2O2S. The van der Waals surface area contributed by atoms with Crippen LogP contribution in [-0.4, -0.2) is 30.0 Å². The van der Waals surface area contributed by atoms with E-state index < -0.39 is 9.84 Å². The normalized spacial score (nSPS) is 11.6. The van der Waals surface area contributed by atoms with E-state index >= 15 is 0 Å². The van der Waals surface area contributed by atoms with Gasteiger partial charge in [0.1, 0.15) is 0 Å². The van der Waals surface area contributed by atoms with Gasteiger partial charge in [-0.05, 0) is 22.9 Å². The summed E-state index contributed by atoms with van der Waals surface area (Å²) in [4.78, 5) is 7.58. The third kappa shape index (κ3) is 2.65. The lowest BCUT2D eigenvalue weighted by molar-refractivity contribution is 0.587. The van der Waals surface area contributed by atoms with E-state index in [1.54, 1.807) is 6.92 Å². The Balaban J connectivity index is 3.15. The molecule has 0 aliphatic carbocycles. The Hall–Kier alpha value is -0.200. The Labute approximate surface area is 95.8 Å². The van der Waals surface area contributed by atoms with Crippen molar-refractivity contribution in [1.29, 1.82) is 0 Å². The molecule has 0 unspecified atom stereocenters. The molecule has 0 aromatic carbocycles. The van der Waals surface area contributed by atoms with E-state index in [4.69, 9.17) is 11.6 Å². The van der Waals surface area contributed by atoms with Crippen molar-refractivity contribution in [1.82, 2.24) is 9.97 Å². The van der Waals surface area contributed by atoms with E-state index in [2.05, 4.69) is 25.9 Å². The highest BCUT2D eigenvalue weighted by Crippen LogP contribution is 2.14. The van der Waals surface area contributed by atoms with Crippen LogP contribution in [0.25, 0.3) is 0 Å². The van der Waals surface area contributed by atoms with Gasteiger partial charge in [-0.1, -0.05) is 0 Å². The Morgan fingerprint density at radius 3 is 2.71 bits per heavy atom. The van der Waals surface area contributed by atoms with Gasteiger partial charge >= 0.3 is 0 Å². The highest BCUT2D eigenvalue weighted by Gasteiger charge is 2.17. The van der Waals surface area contributed by atoms with E-state index in [1.807, 2.05) is 0 Å². The number of hydrogen-bond acceptors (Lipinski definition) is 4. The number of hydrogen-bond donors (Lipinski definition) is 0. The molecule has 1 rings (SSSR count). The summed E-state index contributed by atoms with van der Waals surface area (Å²) in [5.74, 6) is -0.101. The molecule has 14 heavy (non-hydrogen) atoms. The summed E-state index contributed by atoms with van der Waals surface area (Å²) in [5, 5.41) is -0.168. The van der Waals surface area contributed by atoms with Crippen molar-refractivity contribution in [3.8, 4) is 0 Å². The Morgan fingerprint density at radius 1 is 1.57 bits per heavy atom. The average molecular weight is 300 g/mol. The molecule has 1 aromatic rings. The molecule has 0 aliphatic rings. The molecular weight excluding hydrogens is 292 g/mol. The summed E-state index contributed by atoms with van der Waals surface area (Å²) in [6.07, 6.45) is 1.42. The molecule has 0 radical (unpaired) electrons. The van der Waals surface area contributed by atoms with E-state index in [1.165, 1.54) is 6.20 Å². The molecule has 1 heterocycles. The fourth-order valence-corrected chi connectivity index (χ4v) is 2.45. The van der Waals surface area contributed by atoms with Crippen LogP contribution >= 0.6 is 27.5 Å². The largest absolute Gasteiger partial charge is 0.247 e. The van der Waals surface area contributed by atoms with Gasteiger partial charge in [0.05, 0.1) is 15.9 Å². The Kier molecular flexibility index (Phi) is 3.86. The maximum atomic E-state index is 11.5. The highest BCUT2D eigenvalue weighted by molar-refractivity contribution is 9.10. The van der Waals surface area contributed by atoms with Gasteiger partial charge < -0.3 is 0 Å². The quantitative estimate of drug-likeness (QED) is 0.628. The molecule has 0 N–H and O–H groups in total. The first kappa shape index (κ1) is 11.9. The van der Waals surface area contributed by atoms with Gasteiger partial charge in [-0.3, -0.25) is 0 Å². The molecule has 4 nitrogen and oxygen atoms in total. The average Bonchev–Trinajstić information content (AvgIpc) is 2.09. The Bertz CT molecular complexity index is 435. The van der Waals surface area contributed by atoms with Gasteiger partial charge in [-0.15, -0.1) is 11.6 Å². The fraction of sp³-hybridized carbons (Fsp3) is 0.429. The van der Waals surface area contributed by atoms with Crippen LogP contribution in [0.15, 0.2) is 15.8 Å². The van der Waals surface area contributed by atoms with Crippen molar-refractivity contribution in [3.05, 3.63) is 16.4 Å². The second-order valence-corrected chi connectivity index (χ2v) is 5.83. The number of aromatic nitrogens is 2. The van der Waals surface area contributed by atoms with Crippen LogP contribution in [0.1, 0.15) is 5.69 Å². The molecule has 7 heteroatoms. The van der Waals surface area contributed by atoms with Crippen molar-refractivity contribution < 1.29 is 8.42 Å². The molecule has 0 fully saturated rings. The van der Waals surface area contributed by atoms with Gasteiger partial charge in [-0.25, -0.2) is 18.4 Å². The second-order valence-electron chi connectivity index (χ2n) is 2.59. The van der Waals surface area contributed by atoms with Crippen LogP contribution in [0.3, 0.4) is 0 Å². The van der Waals surface area contributed by atoms with Crippen molar-refractivity contribution in [2.45, 2.75) is 12.1 Å². The van der Waals surface area contributed by atoms with Crippen LogP contribution in [0, 0.1) is 6.92 Å². The van der Waals surface area contributed by atoms with E-state index in [0.29, 0.717) is 10.2 Å². The van der Waals surface area contributed by atoms with Crippen molar-refractivity contribution in [2.24, 2.45) is 0 Å². The first-order chi connectivity index (χ1) is 6.47. The highest BCUT2D eigenvalue weighted by atomic mass is 79.9. The summed E-state index contributed by atoms with van der Waals surface area (Å²) in [6, 6.07) is 0. The van der Waals surface area contributed by atoms with Crippen molar-refractivity contribution >= 4 is 37.4 Å². The van der Waals surface area contributed by atoms with Gasteiger partial charge in [0.2, 0.25) is 15.0 Å². The minimum atomic E-state index is -3.42. The predicted octanol–water partition coefficient (Wildman–Crippen LogP) is 1.56. The number of aryl methyl sites for hydroxylation is 1. The van der Waals surface area contributed by atoms with E-state index in [0.717, 1.165) is 0 Å². The van der Waals surface area contributed by atoms with E-state index in [-0.39, 0.29) is 16.8 Å². The van der Waals surface area contributed by atoms with Crippen LogP contribution in [0.2, 0.25) is 0 Å². The van der Waals surface area contributed by atoms with Crippen molar-refractivity contribution in [2.75, 3.05) is 11.6 Å². The molecule has 0 aliphatic heterocycles. The number of sulfone groups is 1. The zero-order valence-corrected chi connectivity index (χ0v) is 10.5. The molecule has 0 saturated carbocycles. The number of rotatable bonds is 3. The van der Waals surface area contributed by atoms with Crippen LogP contribution < -0.4 is 0 Å². The van der Waals surface area contributed by atoms with Crippen LogP contribution in [0.4, 0.5) is 0 Å². The summed E-state index contributed by atoms with van der Waals surface area (Å²) in [6.45, 7) is 1.70. The predicted molar refractivity (Wildman–Crippen MR) is 57.2 cm³/mol. The number of nitrogens with zero attached hydrogens (tertiary/aromatic N) is 2. The Morgan fingerprint density at radius 2 is 2.21 bits per heavy atom. The second kappa shape index (κ2) is 4.55.